The van der Waals surface area contributed by atoms with Crippen molar-refractivity contribution in [2.75, 3.05) is 5.32 Å². The van der Waals surface area contributed by atoms with Crippen LogP contribution in [0.15, 0.2) is 116 Å². The van der Waals surface area contributed by atoms with Crippen LogP contribution < -0.4 is 5.32 Å². The Morgan fingerprint density at radius 3 is 2.21 bits per heavy atom. The van der Waals surface area contributed by atoms with Crippen LogP contribution in [-0.4, -0.2) is 0 Å². The standard InChI is InChI=1S/C37H35N/c1-6-11-33-26(3)14-17-30-24-32(21-22-34(30)33)38-36-23-20-29(28-18-15-27(7-2)16-19-28)25-35(36)37(4,5)31-12-9-8-10-13-31/h6-25,38H,2H2,1,3-5H3/b11-6-. The first-order chi connectivity index (χ1) is 18.4. The van der Waals surface area contributed by atoms with E-state index in [2.05, 4.69) is 155 Å². The summed E-state index contributed by atoms with van der Waals surface area (Å²) in [5, 5.41) is 6.28. The Kier molecular flexibility index (Phi) is 7.03. The monoisotopic (exact) mass is 493 g/mol. The van der Waals surface area contributed by atoms with Crippen LogP contribution in [-0.2, 0) is 5.41 Å². The number of nitrogens with one attached hydrogen (secondary N) is 1. The summed E-state index contributed by atoms with van der Waals surface area (Å²) in [5.74, 6) is 0. The van der Waals surface area contributed by atoms with Crippen LogP contribution in [0.4, 0.5) is 11.4 Å². The van der Waals surface area contributed by atoms with Crippen LogP contribution in [0.2, 0.25) is 0 Å². The molecule has 0 aliphatic carbocycles. The first-order valence-corrected chi connectivity index (χ1v) is 13.3. The summed E-state index contributed by atoms with van der Waals surface area (Å²) in [6, 6.07) is 37.2. The number of anilines is 2. The number of hydrogen-bond acceptors (Lipinski definition) is 1. The lowest BCUT2D eigenvalue weighted by atomic mass is 9.76. The van der Waals surface area contributed by atoms with E-state index >= 15 is 0 Å². The summed E-state index contributed by atoms with van der Waals surface area (Å²) >= 11 is 0. The molecular formula is C37H35N. The van der Waals surface area contributed by atoms with Crippen molar-refractivity contribution in [3.05, 3.63) is 144 Å². The lowest BCUT2D eigenvalue weighted by Crippen LogP contribution is -2.20. The molecule has 0 atom stereocenters. The van der Waals surface area contributed by atoms with Crippen molar-refractivity contribution in [1.82, 2.24) is 0 Å². The van der Waals surface area contributed by atoms with Crippen LogP contribution in [0.25, 0.3) is 34.1 Å². The van der Waals surface area contributed by atoms with Crippen molar-refractivity contribution in [3.63, 3.8) is 0 Å². The van der Waals surface area contributed by atoms with Gasteiger partial charge in [-0.05, 0) is 87.8 Å². The van der Waals surface area contributed by atoms with Crippen molar-refractivity contribution in [3.8, 4) is 11.1 Å². The summed E-state index contributed by atoms with van der Waals surface area (Å²) in [6.07, 6.45) is 6.19. The molecule has 0 bridgehead atoms. The van der Waals surface area contributed by atoms with E-state index in [4.69, 9.17) is 0 Å². The first kappa shape index (κ1) is 25.3. The van der Waals surface area contributed by atoms with Crippen molar-refractivity contribution < 1.29 is 0 Å². The van der Waals surface area contributed by atoms with Crippen LogP contribution in [0.3, 0.4) is 0 Å². The summed E-state index contributed by atoms with van der Waals surface area (Å²) in [5.41, 5.74) is 10.6. The van der Waals surface area contributed by atoms with Crippen LogP contribution in [0, 0.1) is 6.92 Å². The number of rotatable bonds is 7. The number of allylic oxidation sites excluding steroid dienone is 1. The highest BCUT2D eigenvalue weighted by atomic mass is 14.9. The maximum absolute atomic E-state index is 3.89. The third kappa shape index (κ3) is 4.93. The van der Waals surface area contributed by atoms with Crippen LogP contribution >= 0.6 is 0 Å². The van der Waals surface area contributed by atoms with Gasteiger partial charge in [0.1, 0.15) is 0 Å². The lowest BCUT2D eigenvalue weighted by Gasteiger charge is -2.30. The molecule has 5 rings (SSSR count). The summed E-state index contributed by atoms with van der Waals surface area (Å²) in [7, 11) is 0. The second kappa shape index (κ2) is 10.6. The first-order valence-electron chi connectivity index (χ1n) is 13.3. The molecule has 0 saturated heterocycles. The van der Waals surface area contributed by atoms with E-state index in [1.807, 2.05) is 6.08 Å². The highest BCUT2D eigenvalue weighted by molar-refractivity contribution is 5.94. The average Bonchev–Trinajstić information content (AvgIpc) is 2.95. The molecule has 0 radical (unpaired) electrons. The van der Waals surface area contributed by atoms with Crippen molar-refractivity contribution in [2.24, 2.45) is 0 Å². The molecule has 0 fully saturated rings. The highest BCUT2D eigenvalue weighted by Gasteiger charge is 2.26. The van der Waals surface area contributed by atoms with Crippen LogP contribution in [0.5, 0.6) is 0 Å². The molecule has 0 aliphatic heterocycles. The Morgan fingerprint density at radius 2 is 1.50 bits per heavy atom. The van der Waals surface area contributed by atoms with Gasteiger partial charge >= 0.3 is 0 Å². The molecule has 188 valence electrons. The number of aryl methyl sites for hydroxylation is 1. The van der Waals surface area contributed by atoms with E-state index in [9.17, 15) is 0 Å². The maximum Gasteiger partial charge on any atom is 0.0426 e. The minimum Gasteiger partial charge on any atom is -0.355 e. The Morgan fingerprint density at radius 1 is 0.763 bits per heavy atom. The molecule has 5 aromatic carbocycles. The third-order valence-electron chi connectivity index (χ3n) is 7.56. The van der Waals surface area contributed by atoms with Gasteiger partial charge in [0.25, 0.3) is 0 Å². The maximum atomic E-state index is 3.89. The molecule has 38 heavy (non-hydrogen) atoms. The second-order valence-electron chi connectivity index (χ2n) is 10.4. The molecular weight excluding hydrogens is 458 g/mol. The van der Waals surface area contributed by atoms with E-state index < -0.39 is 0 Å². The van der Waals surface area contributed by atoms with Gasteiger partial charge in [0.2, 0.25) is 0 Å². The topological polar surface area (TPSA) is 12.0 Å². The van der Waals surface area contributed by atoms with Crippen molar-refractivity contribution >= 4 is 34.3 Å². The molecule has 0 saturated carbocycles. The summed E-state index contributed by atoms with van der Waals surface area (Å²) < 4.78 is 0. The number of fused-ring (bicyclic) bond motifs is 1. The van der Waals surface area contributed by atoms with E-state index in [1.54, 1.807) is 0 Å². The lowest BCUT2D eigenvalue weighted by molar-refractivity contribution is 0.643. The van der Waals surface area contributed by atoms with Gasteiger partial charge in [-0.25, -0.2) is 0 Å². The quantitative estimate of drug-likeness (QED) is 0.238. The van der Waals surface area contributed by atoms with Gasteiger partial charge in [0.05, 0.1) is 0 Å². The van der Waals surface area contributed by atoms with Gasteiger partial charge in [-0.15, -0.1) is 0 Å². The SMILES string of the molecule is C=Cc1ccc(-c2ccc(Nc3ccc4c(/C=C\C)c(C)ccc4c3)c(C(C)(C)c3ccccc3)c2)cc1. The molecule has 0 aromatic heterocycles. The third-order valence-corrected chi connectivity index (χ3v) is 7.56. The van der Waals surface area contributed by atoms with E-state index in [0.717, 1.165) is 16.9 Å². The van der Waals surface area contributed by atoms with E-state index in [1.165, 1.54) is 44.2 Å². The highest BCUT2D eigenvalue weighted by Crippen LogP contribution is 2.40. The zero-order valence-corrected chi connectivity index (χ0v) is 22.8. The van der Waals surface area contributed by atoms with Gasteiger partial charge in [0, 0.05) is 16.8 Å². The molecule has 0 aliphatic rings. The molecule has 1 heteroatoms. The molecule has 1 N–H and O–H groups in total. The van der Waals surface area contributed by atoms with Gasteiger partial charge in [0.15, 0.2) is 0 Å². The van der Waals surface area contributed by atoms with Gasteiger partial charge < -0.3 is 5.32 Å². The minimum atomic E-state index is -0.201. The largest absolute Gasteiger partial charge is 0.355 e. The van der Waals surface area contributed by atoms with Gasteiger partial charge in [-0.2, -0.15) is 0 Å². The molecule has 0 spiro atoms. The number of benzene rings is 5. The molecule has 0 unspecified atom stereocenters. The predicted molar refractivity (Wildman–Crippen MR) is 167 cm³/mol. The fraction of sp³-hybridized carbons (Fsp3) is 0.135. The average molecular weight is 494 g/mol. The van der Waals surface area contributed by atoms with Gasteiger partial charge in [-0.1, -0.05) is 118 Å². The zero-order chi connectivity index (χ0) is 26.7. The van der Waals surface area contributed by atoms with Gasteiger partial charge in [-0.3, -0.25) is 0 Å². The smallest absolute Gasteiger partial charge is 0.0426 e. The number of hydrogen-bond donors (Lipinski definition) is 1. The summed E-state index contributed by atoms with van der Waals surface area (Å²) in [4.78, 5) is 0. The molecule has 0 heterocycles. The fourth-order valence-corrected chi connectivity index (χ4v) is 5.26. The predicted octanol–water partition coefficient (Wildman–Crippen LogP) is 10.6. The summed E-state index contributed by atoms with van der Waals surface area (Å²) in [6.45, 7) is 12.7. The van der Waals surface area contributed by atoms with E-state index in [-0.39, 0.29) is 5.41 Å². The zero-order valence-electron chi connectivity index (χ0n) is 22.8. The van der Waals surface area contributed by atoms with Crippen molar-refractivity contribution in [2.45, 2.75) is 33.1 Å². The molecule has 5 aromatic rings. The Labute approximate surface area is 227 Å². The Bertz CT molecular complexity index is 1620. The van der Waals surface area contributed by atoms with Crippen LogP contribution in [0.1, 0.15) is 48.6 Å². The second-order valence-corrected chi connectivity index (χ2v) is 10.4. The Balaban J connectivity index is 1.60. The fourth-order valence-electron chi connectivity index (χ4n) is 5.26. The molecule has 0 amide bonds. The normalized spacial score (nSPS) is 11.7. The minimum absolute atomic E-state index is 0.201. The van der Waals surface area contributed by atoms with E-state index in [0.29, 0.717) is 0 Å². The molecule has 1 nitrogen and oxygen atoms in total. The van der Waals surface area contributed by atoms with Crippen molar-refractivity contribution in [1.29, 1.82) is 0 Å². The Hall–Kier alpha value is -4.36.